The second kappa shape index (κ2) is 7.98. The maximum atomic E-state index is 13.6. The highest BCUT2D eigenvalue weighted by Crippen LogP contribution is 2.41. The standard InChI is InChI=1S/C25H20N2O6/c1-14-6-7-17(32-14)21-20(23(29)25(30)27(21)13-15-8-10-26-11-9-15)22(28)19-12-16-4-3-5-18(31-2)24(16)33-19/h3-12,21,29H,13H2,1-2H3. The minimum Gasteiger partial charge on any atom is -0.503 e. The van der Waals surface area contributed by atoms with E-state index in [0.29, 0.717) is 28.2 Å². The molecule has 1 amide bonds. The lowest BCUT2D eigenvalue weighted by Crippen LogP contribution is -2.30. The molecule has 0 saturated carbocycles. The molecule has 0 aliphatic carbocycles. The van der Waals surface area contributed by atoms with E-state index in [1.54, 1.807) is 67.8 Å². The van der Waals surface area contributed by atoms with Gasteiger partial charge < -0.3 is 23.6 Å². The fourth-order valence-electron chi connectivity index (χ4n) is 4.07. The number of aliphatic hydroxyl groups is 1. The number of methoxy groups -OCH3 is 1. The van der Waals surface area contributed by atoms with Gasteiger partial charge in [-0.1, -0.05) is 12.1 Å². The van der Waals surface area contributed by atoms with Gasteiger partial charge in [0.05, 0.1) is 12.7 Å². The average Bonchev–Trinajstić information content (AvgIpc) is 3.52. The van der Waals surface area contributed by atoms with Gasteiger partial charge in [-0.3, -0.25) is 14.6 Å². The quantitative estimate of drug-likeness (QED) is 0.436. The van der Waals surface area contributed by atoms with Gasteiger partial charge >= 0.3 is 0 Å². The molecule has 1 atom stereocenters. The number of hydrogen-bond donors (Lipinski definition) is 1. The van der Waals surface area contributed by atoms with Crippen molar-refractivity contribution >= 4 is 22.7 Å². The number of fused-ring (bicyclic) bond motifs is 1. The Labute approximate surface area is 188 Å². The van der Waals surface area contributed by atoms with Crippen LogP contribution in [0.4, 0.5) is 0 Å². The first-order valence-corrected chi connectivity index (χ1v) is 10.3. The number of amides is 1. The van der Waals surface area contributed by atoms with E-state index < -0.39 is 23.5 Å². The molecule has 33 heavy (non-hydrogen) atoms. The maximum Gasteiger partial charge on any atom is 0.290 e. The zero-order valence-electron chi connectivity index (χ0n) is 17.9. The molecule has 0 radical (unpaired) electrons. The van der Waals surface area contributed by atoms with Gasteiger partial charge in [0, 0.05) is 24.3 Å². The van der Waals surface area contributed by atoms with Crippen LogP contribution < -0.4 is 4.74 Å². The second-order valence-electron chi connectivity index (χ2n) is 7.72. The number of aryl methyl sites for hydroxylation is 1. The molecule has 1 N–H and O–H groups in total. The van der Waals surface area contributed by atoms with E-state index in [1.165, 1.54) is 12.0 Å². The molecule has 166 valence electrons. The molecule has 0 bridgehead atoms. The highest BCUT2D eigenvalue weighted by Gasteiger charge is 2.46. The molecule has 1 aliphatic heterocycles. The Bertz CT molecular complexity index is 1400. The van der Waals surface area contributed by atoms with Crippen LogP contribution in [0.5, 0.6) is 5.75 Å². The van der Waals surface area contributed by atoms with Crippen molar-refractivity contribution in [2.75, 3.05) is 7.11 Å². The Kier molecular flexibility index (Phi) is 4.97. The summed E-state index contributed by atoms with van der Waals surface area (Å²) in [6, 6.07) is 12.9. The number of pyridine rings is 1. The van der Waals surface area contributed by atoms with E-state index in [2.05, 4.69) is 4.98 Å². The highest BCUT2D eigenvalue weighted by molar-refractivity contribution is 6.16. The lowest BCUT2D eigenvalue weighted by atomic mass is 9.99. The predicted octanol–water partition coefficient (Wildman–Crippen LogP) is 4.52. The normalized spacial score (nSPS) is 16.1. The van der Waals surface area contributed by atoms with Gasteiger partial charge in [-0.05, 0) is 48.9 Å². The summed E-state index contributed by atoms with van der Waals surface area (Å²) in [5, 5.41) is 11.5. The largest absolute Gasteiger partial charge is 0.503 e. The molecule has 0 spiro atoms. The molecule has 4 aromatic rings. The van der Waals surface area contributed by atoms with Gasteiger partial charge in [0.2, 0.25) is 5.78 Å². The van der Waals surface area contributed by atoms with Crippen molar-refractivity contribution in [2.24, 2.45) is 0 Å². The number of ether oxygens (including phenoxy) is 1. The molecule has 0 fully saturated rings. The third kappa shape index (κ3) is 3.45. The number of carbonyl (C=O) groups excluding carboxylic acids is 2. The van der Waals surface area contributed by atoms with Crippen molar-refractivity contribution in [1.82, 2.24) is 9.88 Å². The van der Waals surface area contributed by atoms with Gasteiger partial charge in [0.15, 0.2) is 22.9 Å². The fraction of sp³-hybridized carbons (Fsp3) is 0.160. The molecule has 5 rings (SSSR count). The van der Waals surface area contributed by atoms with Crippen LogP contribution in [0.1, 0.15) is 33.7 Å². The Hall–Kier alpha value is -4.33. The Morgan fingerprint density at radius 2 is 1.94 bits per heavy atom. The summed E-state index contributed by atoms with van der Waals surface area (Å²) in [6.45, 7) is 1.92. The van der Waals surface area contributed by atoms with Crippen LogP contribution in [0.2, 0.25) is 0 Å². The topological polar surface area (TPSA) is 106 Å². The third-order valence-electron chi connectivity index (χ3n) is 5.63. The minimum atomic E-state index is -0.915. The molecule has 1 aliphatic rings. The van der Waals surface area contributed by atoms with Crippen LogP contribution in [0.3, 0.4) is 0 Å². The first kappa shape index (κ1) is 20.6. The number of ketones is 1. The summed E-state index contributed by atoms with van der Waals surface area (Å²) in [5.74, 6) is -0.435. The van der Waals surface area contributed by atoms with Gasteiger partial charge in [0.1, 0.15) is 17.6 Å². The van der Waals surface area contributed by atoms with E-state index >= 15 is 0 Å². The number of aromatic nitrogens is 1. The minimum absolute atomic E-state index is 0.0112. The van der Waals surface area contributed by atoms with E-state index in [4.69, 9.17) is 13.6 Å². The van der Waals surface area contributed by atoms with E-state index in [0.717, 1.165) is 5.56 Å². The third-order valence-corrected chi connectivity index (χ3v) is 5.63. The van der Waals surface area contributed by atoms with E-state index in [-0.39, 0.29) is 17.9 Å². The van der Waals surface area contributed by atoms with Crippen LogP contribution in [0, 0.1) is 6.92 Å². The van der Waals surface area contributed by atoms with Crippen molar-refractivity contribution in [1.29, 1.82) is 0 Å². The summed E-state index contributed by atoms with van der Waals surface area (Å²) < 4.78 is 16.9. The molecule has 1 unspecified atom stereocenters. The van der Waals surface area contributed by atoms with E-state index in [9.17, 15) is 14.7 Å². The number of rotatable bonds is 6. The number of nitrogens with zero attached hydrogens (tertiary/aromatic N) is 2. The average molecular weight is 444 g/mol. The fourth-order valence-corrected chi connectivity index (χ4v) is 4.07. The van der Waals surface area contributed by atoms with Crippen LogP contribution in [-0.2, 0) is 11.3 Å². The molecule has 3 aromatic heterocycles. The first-order valence-electron chi connectivity index (χ1n) is 10.3. The summed E-state index contributed by atoms with van der Waals surface area (Å²) in [4.78, 5) is 32.1. The zero-order chi connectivity index (χ0) is 23.1. The number of Topliss-reactive ketones (excluding diaryl/α,β-unsaturated/α-hetero) is 1. The number of carbonyl (C=O) groups is 2. The van der Waals surface area contributed by atoms with Crippen molar-refractivity contribution in [3.8, 4) is 5.75 Å². The molecule has 4 heterocycles. The molecular formula is C25H20N2O6. The monoisotopic (exact) mass is 444 g/mol. The van der Waals surface area contributed by atoms with Gasteiger partial charge in [-0.2, -0.15) is 0 Å². The van der Waals surface area contributed by atoms with Gasteiger partial charge in [0.25, 0.3) is 5.91 Å². The number of benzene rings is 1. The van der Waals surface area contributed by atoms with Gasteiger partial charge in [-0.25, -0.2) is 0 Å². The number of para-hydroxylation sites is 1. The van der Waals surface area contributed by atoms with Crippen LogP contribution in [0.25, 0.3) is 11.0 Å². The zero-order valence-corrected chi connectivity index (χ0v) is 17.9. The van der Waals surface area contributed by atoms with Crippen molar-refractivity contribution in [3.05, 3.63) is 95.1 Å². The van der Waals surface area contributed by atoms with Gasteiger partial charge in [-0.15, -0.1) is 0 Å². The maximum absolute atomic E-state index is 13.6. The lowest BCUT2D eigenvalue weighted by Gasteiger charge is -2.24. The molecule has 0 saturated heterocycles. The summed E-state index contributed by atoms with van der Waals surface area (Å²) in [5.41, 5.74) is 1.11. The Morgan fingerprint density at radius 1 is 1.15 bits per heavy atom. The summed E-state index contributed by atoms with van der Waals surface area (Å²) in [7, 11) is 1.51. The van der Waals surface area contributed by atoms with Crippen molar-refractivity contribution in [3.63, 3.8) is 0 Å². The van der Waals surface area contributed by atoms with Crippen molar-refractivity contribution in [2.45, 2.75) is 19.5 Å². The predicted molar refractivity (Wildman–Crippen MR) is 118 cm³/mol. The van der Waals surface area contributed by atoms with E-state index in [1.807, 2.05) is 0 Å². The number of aliphatic hydroxyl groups excluding tert-OH is 1. The second-order valence-corrected chi connectivity index (χ2v) is 7.72. The Morgan fingerprint density at radius 3 is 2.64 bits per heavy atom. The van der Waals surface area contributed by atoms with Crippen LogP contribution in [0.15, 0.2) is 81.1 Å². The molecule has 1 aromatic carbocycles. The molecule has 8 nitrogen and oxygen atoms in total. The SMILES string of the molecule is COc1cccc2cc(C(=O)C3=C(O)C(=O)N(Cc4ccncc4)C3c3ccc(C)o3)oc12. The smallest absolute Gasteiger partial charge is 0.290 e. The summed E-state index contributed by atoms with van der Waals surface area (Å²) in [6.07, 6.45) is 3.23. The first-order chi connectivity index (χ1) is 16.0. The number of hydrogen-bond acceptors (Lipinski definition) is 7. The molecule has 8 heteroatoms. The highest BCUT2D eigenvalue weighted by atomic mass is 16.5. The molecular weight excluding hydrogens is 424 g/mol. The van der Waals surface area contributed by atoms with Crippen LogP contribution >= 0.6 is 0 Å². The lowest BCUT2D eigenvalue weighted by molar-refractivity contribution is -0.130. The Balaban J connectivity index is 1.60. The van der Waals surface area contributed by atoms with Crippen LogP contribution in [-0.4, -0.2) is 33.8 Å². The van der Waals surface area contributed by atoms with Crippen molar-refractivity contribution < 1.29 is 28.3 Å². The summed E-state index contributed by atoms with van der Waals surface area (Å²) >= 11 is 0. The number of furan rings is 2.